The largest absolute Gasteiger partial charge is 0.508 e. The van der Waals surface area contributed by atoms with E-state index >= 15 is 0 Å². The normalized spacial score (nSPS) is 21.8. The lowest BCUT2D eigenvalue weighted by atomic mass is 9.72. The molecule has 0 unspecified atom stereocenters. The molecule has 0 bridgehead atoms. The van der Waals surface area contributed by atoms with Crippen molar-refractivity contribution in [1.29, 1.82) is 0 Å². The number of rotatable bonds is 27. The number of ketones is 5. The highest BCUT2D eigenvalue weighted by Crippen LogP contribution is 2.28. The average Bonchev–Trinajstić information content (AvgIpc) is 1.62. The molecule has 113 heavy (non-hydrogen) atoms. The Labute approximate surface area is 666 Å². The molecule has 10 atom stereocenters. The highest BCUT2D eigenvalue weighted by molar-refractivity contribution is 7.13. The van der Waals surface area contributed by atoms with Crippen LogP contribution in [0, 0.1) is 0 Å². The van der Waals surface area contributed by atoms with Crippen LogP contribution < -0.4 is 26.6 Å². The lowest BCUT2D eigenvalue weighted by molar-refractivity contribution is -0.132. The molecule has 5 amide bonds. The predicted octanol–water partition coefficient (Wildman–Crippen LogP) is 3.45. The number of Topliss-reactive ketones (excluding diaryl/α,β-unsaturated/α-hetero) is 5. The topological polar surface area (TPSA) is 509 Å². The molecule has 5 aliphatic heterocycles. The van der Waals surface area contributed by atoms with Crippen LogP contribution in [-0.4, -0.2) is 223 Å². The fraction of sp³-hybridized carbons (Fsp3) is 0.452. The van der Waals surface area contributed by atoms with Crippen molar-refractivity contribution in [1.82, 2.24) is 26.6 Å². The zero-order valence-electron chi connectivity index (χ0n) is 63.0. The number of carboxylic acid groups (broad SMARTS) is 1. The fourth-order valence-corrected chi connectivity index (χ4v) is 14.8. The fourth-order valence-electron chi connectivity index (χ4n) is 12.6. The summed E-state index contributed by atoms with van der Waals surface area (Å²) in [6.45, 7) is 7.12. The second-order valence-corrected chi connectivity index (χ2v) is 30.3. The van der Waals surface area contributed by atoms with Gasteiger partial charge in [-0.25, -0.2) is 4.79 Å². The molecule has 0 radical (unpaired) electrons. The average molecular weight is 1620 g/mol. The summed E-state index contributed by atoms with van der Waals surface area (Å²) in [7, 11) is -5.79. The predicted molar refractivity (Wildman–Crippen MR) is 422 cm³/mol. The maximum absolute atomic E-state index is 12.4. The number of aliphatic hydroxyl groups is 1. The van der Waals surface area contributed by atoms with Crippen LogP contribution in [0.2, 0.25) is 0 Å². The van der Waals surface area contributed by atoms with Crippen molar-refractivity contribution in [2.24, 2.45) is 5.16 Å². The summed E-state index contributed by atoms with van der Waals surface area (Å²) in [6.07, 6.45) is 7.62. The number of hydrogen-bond donors (Lipinski definition) is 15. The minimum atomic E-state index is -1.23. The smallest absolute Gasteiger partial charge is 0.478 e. The Balaban J connectivity index is 0.000000220. The molecule has 8 heterocycles. The van der Waals surface area contributed by atoms with E-state index < -0.39 is 83.1 Å². The lowest BCUT2D eigenvalue weighted by Gasteiger charge is -2.31. The molecule has 2 aromatic carbocycles. The van der Waals surface area contributed by atoms with Crippen molar-refractivity contribution < 1.29 is 127 Å². The molecule has 15 N–H and O–H groups in total. The molecule has 5 aromatic rings. The second kappa shape index (κ2) is 47.7. The minimum absolute atomic E-state index is 0.00733. The van der Waals surface area contributed by atoms with Crippen LogP contribution in [0.3, 0.4) is 0 Å². The first-order chi connectivity index (χ1) is 53.8. The molecule has 0 saturated carbocycles. The van der Waals surface area contributed by atoms with E-state index in [1.165, 1.54) is 92.9 Å². The number of carboxylic acids is 1. The summed E-state index contributed by atoms with van der Waals surface area (Å²) in [5, 5.41) is 118. The van der Waals surface area contributed by atoms with E-state index in [0.29, 0.717) is 90.7 Å². The number of carbonyl (C=O) groups excluding carboxylic acids is 10. The van der Waals surface area contributed by atoms with E-state index in [1.54, 1.807) is 71.4 Å². The van der Waals surface area contributed by atoms with Crippen molar-refractivity contribution in [2.75, 3.05) is 6.61 Å². The first kappa shape index (κ1) is 93.0. The first-order valence-corrected chi connectivity index (χ1v) is 39.2. The van der Waals surface area contributed by atoms with Gasteiger partial charge in [-0.3, -0.25) is 47.9 Å². The van der Waals surface area contributed by atoms with E-state index in [0.717, 1.165) is 11.0 Å². The van der Waals surface area contributed by atoms with Crippen molar-refractivity contribution >= 4 is 151 Å². The van der Waals surface area contributed by atoms with E-state index in [1.807, 2.05) is 11.4 Å². The summed E-state index contributed by atoms with van der Waals surface area (Å²) in [5.41, 5.74) is 1.52. The van der Waals surface area contributed by atoms with Crippen molar-refractivity contribution in [3.8, 4) is 11.5 Å². The summed E-state index contributed by atoms with van der Waals surface area (Å²) >= 11 is 3.92. The number of para-hydroxylation sites is 1. The van der Waals surface area contributed by atoms with Crippen LogP contribution in [0.5, 0.6) is 11.5 Å². The summed E-state index contributed by atoms with van der Waals surface area (Å²) in [5.74, 6) is -5.88. The Morgan fingerprint density at radius 1 is 0.442 bits per heavy atom. The SMILES string of the molecule is CC(=O)C[C@@H]1CC[C@H](NC(=O)/C(=C\C(=O)O)c2cccs2)B(O)O1.CC(=O)C[C@@H]1CC[C@H](NC(=O)/C(=C\CO)c2cccs2)B(O)O1.CC(=O)C[C@@H]1CC[C@H](NC(=O)/C(=N\O)c2cccs2)B(O)O1.CC(=O)C[C@@H]1CC[C@H](NC(=O)Cc2cccc(O)c2)B(O)O1.CC(=O)C[C@@H]1CC[C@H](NC(=O)Cc2ccccc2O)B(O)O1. The van der Waals surface area contributed by atoms with Gasteiger partial charge in [-0.1, -0.05) is 53.7 Å². The highest BCUT2D eigenvalue weighted by Gasteiger charge is 2.42. The number of phenolic OH excluding ortho intramolecular Hbond substituents is 2. The number of aromatic hydroxyl groups is 2. The van der Waals surface area contributed by atoms with Gasteiger partial charge in [0.1, 0.15) is 40.4 Å². The number of thiophene rings is 3. The van der Waals surface area contributed by atoms with Crippen LogP contribution in [0.15, 0.2) is 118 Å². The Kier molecular flexibility index (Phi) is 39.3. The maximum Gasteiger partial charge on any atom is 0.478 e. The van der Waals surface area contributed by atoms with Crippen molar-refractivity contribution in [2.45, 2.75) is 204 Å². The van der Waals surface area contributed by atoms with Crippen LogP contribution in [-0.2, 0) is 88.9 Å². The van der Waals surface area contributed by atoms with E-state index in [-0.39, 0.29) is 151 Å². The molecule has 40 heteroatoms. The standard InChI is InChI=1S/C15H18BNO6S.C15H20BNO5S.2C15H20BNO5.C13H17BN2O5S/c1-9(18)7-10-4-5-13(16(22)23-10)17-15(21)11(8-14(19)20)12-3-2-6-24-12;1-10(19)9-11-4-5-14(16(21)22-11)17-15(20)12(6-7-18)13-3-2-8-23-13;1-10(18)7-13-5-6-14(16(21)22-13)17-15(20)9-11-3-2-4-12(19)8-11;1-10(18)8-12-6-7-14(16(21)22-12)17-15(20)9-11-4-2-3-5-13(11)19;1-8(17)7-9-4-5-11(14(19)21-9)15-13(18)12(16-20)10-3-2-6-22-10/h2-3,6,8,10,13,22H,4-5,7H2,1H3,(H,17,21)(H,19,20);2-3,6,8,11,14,18,21H,4-5,7,9H2,1H3,(H,17,20);2-4,8,13-14,19,21H,5-7,9H2,1H3,(H,17,20);2-5,12,14,19,21H,6-9H2,1H3,(H,17,20);2-3,6,9,11,19-20H,4-5,7H2,1H3,(H,15,18)/b11-8-;12-6-;;;16-12-/t10-,13-;11-,14-;13-,14-;12-,14-;9-,11-/m00000/s1. The summed E-state index contributed by atoms with van der Waals surface area (Å²) in [4.78, 5) is 129. The number of nitrogens with one attached hydrogen (secondary N) is 5. The quantitative estimate of drug-likeness (QED) is 0.0118. The highest BCUT2D eigenvalue weighted by atomic mass is 32.1. The molecule has 606 valence electrons. The summed E-state index contributed by atoms with van der Waals surface area (Å²) in [6, 6.07) is 23.5. The Bertz CT molecular complexity index is 4070. The third-order valence-corrected chi connectivity index (χ3v) is 20.6. The lowest BCUT2D eigenvalue weighted by Crippen LogP contribution is -2.54. The number of amides is 5. The van der Waals surface area contributed by atoms with Crippen LogP contribution in [0.1, 0.15) is 157 Å². The van der Waals surface area contributed by atoms with E-state index in [9.17, 15) is 88.1 Å². The van der Waals surface area contributed by atoms with E-state index in [2.05, 4.69) is 31.7 Å². The van der Waals surface area contributed by atoms with Gasteiger partial charge in [0.15, 0.2) is 5.71 Å². The van der Waals surface area contributed by atoms with Gasteiger partial charge in [0.05, 0.1) is 65.2 Å². The van der Waals surface area contributed by atoms with Crippen LogP contribution in [0.25, 0.3) is 11.1 Å². The molecule has 3 aromatic heterocycles. The number of nitrogens with zero attached hydrogens (tertiary/aromatic N) is 1. The minimum Gasteiger partial charge on any atom is -0.508 e. The van der Waals surface area contributed by atoms with Crippen molar-refractivity contribution in [3.05, 3.63) is 139 Å². The monoisotopic (exact) mass is 1620 g/mol. The Hall–Kier alpha value is -8.86. The van der Waals surface area contributed by atoms with Gasteiger partial charge in [-0.15, -0.1) is 34.0 Å². The van der Waals surface area contributed by atoms with Crippen LogP contribution >= 0.6 is 34.0 Å². The number of benzene rings is 2. The third-order valence-electron chi connectivity index (χ3n) is 17.9. The van der Waals surface area contributed by atoms with Gasteiger partial charge in [0.2, 0.25) is 11.8 Å². The van der Waals surface area contributed by atoms with Gasteiger partial charge < -0.3 is 101 Å². The number of aliphatic carboxylic acids is 1. The Morgan fingerprint density at radius 3 is 1.13 bits per heavy atom. The zero-order chi connectivity index (χ0) is 82.8. The molecule has 10 rings (SSSR count). The molecule has 0 aliphatic carbocycles. The molecule has 5 saturated heterocycles. The van der Waals surface area contributed by atoms with Gasteiger partial charge in [0, 0.05) is 84.0 Å². The maximum atomic E-state index is 12.4. The third kappa shape index (κ3) is 32.9. The van der Waals surface area contributed by atoms with Gasteiger partial charge >= 0.3 is 41.6 Å². The Morgan fingerprint density at radius 2 is 0.796 bits per heavy atom. The van der Waals surface area contributed by atoms with Crippen LogP contribution in [0.4, 0.5) is 0 Å². The number of carbonyl (C=O) groups is 11. The molecular formula is C73H95B5N6O26S3. The van der Waals surface area contributed by atoms with Gasteiger partial charge in [-0.2, -0.15) is 0 Å². The van der Waals surface area contributed by atoms with Gasteiger partial charge in [-0.05, 0) is 163 Å². The van der Waals surface area contributed by atoms with Gasteiger partial charge in [0.25, 0.3) is 17.7 Å². The zero-order valence-corrected chi connectivity index (χ0v) is 65.5. The second-order valence-electron chi connectivity index (χ2n) is 27.5. The number of phenols is 2. The molecule has 5 aliphatic rings. The summed E-state index contributed by atoms with van der Waals surface area (Å²) < 4.78 is 26.8. The van der Waals surface area contributed by atoms with E-state index in [4.69, 9.17) is 38.7 Å². The van der Waals surface area contributed by atoms with Crippen molar-refractivity contribution in [3.63, 3.8) is 0 Å². The number of hydrogen-bond acceptors (Lipinski definition) is 29. The molecule has 0 spiro atoms. The number of aliphatic hydroxyl groups excluding tert-OH is 1. The molecular weight excluding hydrogens is 1530 g/mol. The first-order valence-electron chi connectivity index (χ1n) is 36.6. The molecule has 5 fully saturated rings. The molecule has 32 nitrogen and oxygen atoms in total. The number of oxime groups is 1.